The Hall–Kier alpha value is -0.790. The number of allylic oxidation sites excluding steroid dienone is 1. The molecule has 1 amide bonds. The second-order valence-corrected chi connectivity index (χ2v) is 3.47. The second kappa shape index (κ2) is 5.05. The number of hydrogen-bond acceptors (Lipinski definition) is 1. The van der Waals surface area contributed by atoms with E-state index in [4.69, 9.17) is 0 Å². The minimum absolute atomic E-state index is 0.135. The SMILES string of the molecule is C=C1CCC(C)(CC)C(=O)N1.CC. The van der Waals surface area contributed by atoms with Crippen LogP contribution in [0.15, 0.2) is 12.3 Å². The largest absolute Gasteiger partial charge is 0.330 e. The number of piperidine rings is 1. The fraction of sp³-hybridized carbons (Fsp3) is 0.727. The smallest absolute Gasteiger partial charge is 0.230 e. The van der Waals surface area contributed by atoms with Gasteiger partial charge in [-0.2, -0.15) is 0 Å². The molecule has 1 aliphatic rings. The predicted molar refractivity (Wildman–Crippen MR) is 56.3 cm³/mol. The average molecular weight is 183 g/mol. The highest BCUT2D eigenvalue weighted by Gasteiger charge is 2.34. The molecule has 1 fully saturated rings. The Bertz CT molecular complexity index is 198. The van der Waals surface area contributed by atoms with Crippen LogP contribution in [0.1, 0.15) is 47.0 Å². The van der Waals surface area contributed by atoms with Gasteiger partial charge in [-0.3, -0.25) is 4.79 Å². The van der Waals surface area contributed by atoms with Crippen LogP contribution in [0.2, 0.25) is 0 Å². The highest BCUT2D eigenvalue weighted by Crippen LogP contribution is 2.32. The minimum Gasteiger partial charge on any atom is -0.330 e. The number of carbonyl (C=O) groups is 1. The van der Waals surface area contributed by atoms with Crippen molar-refractivity contribution in [2.24, 2.45) is 5.41 Å². The standard InChI is InChI=1S/C9H15NO.C2H6/c1-4-9(3)6-5-7(2)10-8(9)11;1-2/h2,4-6H2,1,3H3,(H,10,11);1-2H3. The van der Waals surface area contributed by atoms with Gasteiger partial charge in [0.2, 0.25) is 5.91 Å². The second-order valence-electron chi connectivity index (χ2n) is 3.47. The van der Waals surface area contributed by atoms with E-state index in [0.717, 1.165) is 25.0 Å². The van der Waals surface area contributed by atoms with Crippen LogP contribution in [0.5, 0.6) is 0 Å². The molecule has 1 unspecified atom stereocenters. The van der Waals surface area contributed by atoms with E-state index in [1.165, 1.54) is 0 Å². The van der Waals surface area contributed by atoms with E-state index in [1.807, 2.05) is 27.7 Å². The first kappa shape index (κ1) is 12.2. The fourth-order valence-corrected chi connectivity index (χ4v) is 1.25. The minimum atomic E-state index is -0.152. The van der Waals surface area contributed by atoms with Gasteiger partial charge in [-0.25, -0.2) is 0 Å². The molecule has 0 aromatic rings. The Kier molecular flexibility index (Phi) is 4.74. The van der Waals surface area contributed by atoms with Gasteiger partial charge >= 0.3 is 0 Å². The molecule has 1 aliphatic heterocycles. The van der Waals surface area contributed by atoms with Crippen molar-refractivity contribution in [2.75, 3.05) is 0 Å². The maximum Gasteiger partial charge on any atom is 0.230 e. The molecular weight excluding hydrogens is 162 g/mol. The lowest BCUT2D eigenvalue weighted by Crippen LogP contribution is -2.42. The third-order valence-corrected chi connectivity index (χ3v) is 2.60. The first-order valence-electron chi connectivity index (χ1n) is 5.08. The summed E-state index contributed by atoms with van der Waals surface area (Å²) in [4.78, 5) is 11.4. The number of hydrogen-bond donors (Lipinski definition) is 1. The van der Waals surface area contributed by atoms with Crippen LogP contribution < -0.4 is 5.32 Å². The van der Waals surface area contributed by atoms with Crippen LogP contribution in [-0.2, 0) is 4.79 Å². The summed E-state index contributed by atoms with van der Waals surface area (Å²) in [5.74, 6) is 0.135. The number of nitrogens with one attached hydrogen (secondary N) is 1. The highest BCUT2D eigenvalue weighted by molar-refractivity contribution is 5.84. The summed E-state index contributed by atoms with van der Waals surface area (Å²) in [5, 5.41) is 2.79. The highest BCUT2D eigenvalue weighted by atomic mass is 16.2. The molecule has 0 aliphatic carbocycles. The van der Waals surface area contributed by atoms with E-state index in [1.54, 1.807) is 0 Å². The first-order chi connectivity index (χ1) is 6.08. The molecular formula is C11H21NO. The van der Waals surface area contributed by atoms with Crippen molar-refractivity contribution in [3.05, 3.63) is 12.3 Å². The fourth-order valence-electron chi connectivity index (χ4n) is 1.25. The van der Waals surface area contributed by atoms with E-state index in [-0.39, 0.29) is 11.3 Å². The van der Waals surface area contributed by atoms with Crippen molar-refractivity contribution < 1.29 is 4.79 Å². The van der Waals surface area contributed by atoms with Crippen LogP contribution in [0.4, 0.5) is 0 Å². The molecule has 2 heteroatoms. The lowest BCUT2D eigenvalue weighted by atomic mass is 9.79. The Morgan fingerprint density at radius 3 is 2.46 bits per heavy atom. The van der Waals surface area contributed by atoms with Crippen molar-refractivity contribution in [1.29, 1.82) is 0 Å². The molecule has 0 saturated carbocycles. The third-order valence-electron chi connectivity index (χ3n) is 2.60. The molecule has 1 N–H and O–H groups in total. The topological polar surface area (TPSA) is 29.1 Å². The molecule has 0 radical (unpaired) electrons. The zero-order valence-corrected chi connectivity index (χ0v) is 9.24. The monoisotopic (exact) mass is 183 g/mol. The molecule has 2 nitrogen and oxygen atoms in total. The summed E-state index contributed by atoms with van der Waals surface area (Å²) >= 11 is 0. The van der Waals surface area contributed by atoms with E-state index < -0.39 is 0 Å². The number of carbonyl (C=O) groups excluding carboxylic acids is 1. The summed E-state index contributed by atoms with van der Waals surface area (Å²) in [6, 6.07) is 0. The zero-order valence-electron chi connectivity index (χ0n) is 9.24. The van der Waals surface area contributed by atoms with Crippen molar-refractivity contribution in [2.45, 2.75) is 47.0 Å². The lowest BCUT2D eigenvalue weighted by molar-refractivity contribution is -0.131. The van der Waals surface area contributed by atoms with Gasteiger partial charge in [-0.15, -0.1) is 0 Å². The van der Waals surface area contributed by atoms with Crippen molar-refractivity contribution >= 4 is 5.91 Å². The van der Waals surface area contributed by atoms with E-state index in [2.05, 4.69) is 11.9 Å². The van der Waals surface area contributed by atoms with Gasteiger partial charge in [0.1, 0.15) is 0 Å². The summed E-state index contributed by atoms with van der Waals surface area (Å²) in [6.07, 6.45) is 2.77. The Balaban J connectivity index is 0.000000671. The predicted octanol–water partition coefficient (Wildman–Crippen LogP) is 2.85. The van der Waals surface area contributed by atoms with Gasteiger partial charge in [-0.05, 0) is 19.3 Å². The Labute approximate surface area is 81.4 Å². The van der Waals surface area contributed by atoms with Crippen LogP contribution in [-0.4, -0.2) is 5.91 Å². The maximum atomic E-state index is 11.4. The average Bonchev–Trinajstić information content (AvgIpc) is 2.16. The molecule has 13 heavy (non-hydrogen) atoms. The molecule has 1 saturated heterocycles. The molecule has 76 valence electrons. The molecule has 0 aromatic carbocycles. The summed E-state index contributed by atoms with van der Waals surface area (Å²) in [5.41, 5.74) is 0.710. The van der Waals surface area contributed by atoms with Crippen LogP contribution >= 0.6 is 0 Å². The van der Waals surface area contributed by atoms with Crippen molar-refractivity contribution in [3.63, 3.8) is 0 Å². The quantitative estimate of drug-likeness (QED) is 0.665. The Morgan fingerprint density at radius 1 is 1.54 bits per heavy atom. The molecule has 0 aromatic heterocycles. The molecule has 1 rings (SSSR count). The summed E-state index contributed by atoms with van der Waals surface area (Å²) < 4.78 is 0. The normalized spacial score (nSPS) is 27.4. The van der Waals surface area contributed by atoms with Crippen LogP contribution in [0.25, 0.3) is 0 Å². The van der Waals surface area contributed by atoms with Gasteiger partial charge in [0.15, 0.2) is 0 Å². The molecule has 0 spiro atoms. The maximum absolute atomic E-state index is 11.4. The van der Waals surface area contributed by atoms with Gasteiger partial charge in [-0.1, -0.05) is 34.3 Å². The molecule has 0 bridgehead atoms. The van der Waals surface area contributed by atoms with Gasteiger partial charge in [0.25, 0.3) is 0 Å². The molecule has 1 heterocycles. The number of amides is 1. The molecule has 1 atom stereocenters. The van der Waals surface area contributed by atoms with Crippen LogP contribution in [0.3, 0.4) is 0 Å². The number of rotatable bonds is 1. The summed E-state index contributed by atoms with van der Waals surface area (Å²) in [7, 11) is 0. The summed E-state index contributed by atoms with van der Waals surface area (Å²) in [6.45, 7) is 11.8. The van der Waals surface area contributed by atoms with Gasteiger partial charge < -0.3 is 5.32 Å². The van der Waals surface area contributed by atoms with E-state index in [9.17, 15) is 4.79 Å². The lowest BCUT2D eigenvalue weighted by Gasteiger charge is -2.32. The van der Waals surface area contributed by atoms with Crippen molar-refractivity contribution in [1.82, 2.24) is 5.32 Å². The van der Waals surface area contributed by atoms with Gasteiger partial charge in [0.05, 0.1) is 0 Å². The van der Waals surface area contributed by atoms with Crippen molar-refractivity contribution in [3.8, 4) is 0 Å². The van der Waals surface area contributed by atoms with E-state index >= 15 is 0 Å². The van der Waals surface area contributed by atoms with Gasteiger partial charge in [0, 0.05) is 11.1 Å². The zero-order chi connectivity index (χ0) is 10.5. The van der Waals surface area contributed by atoms with E-state index in [0.29, 0.717) is 0 Å². The first-order valence-corrected chi connectivity index (χ1v) is 5.08. The third kappa shape index (κ3) is 2.87. The Morgan fingerprint density at radius 2 is 2.08 bits per heavy atom. The van der Waals surface area contributed by atoms with Crippen LogP contribution in [0, 0.1) is 5.41 Å².